The molecule has 1 N–H and O–H groups in total. The fourth-order valence-electron chi connectivity index (χ4n) is 1.97. The van der Waals surface area contributed by atoms with E-state index in [1.807, 2.05) is 0 Å². The molecule has 2 rings (SSSR count). The van der Waals surface area contributed by atoms with E-state index in [-0.39, 0.29) is 0 Å². The Labute approximate surface area is 83.4 Å². The van der Waals surface area contributed by atoms with Crippen molar-refractivity contribution in [3.63, 3.8) is 0 Å². The minimum atomic E-state index is 0.830. The van der Waals surface area contributed by atoms with Gasteiger partial charge in [0.25, 0.3) is 0 Å². The molecule has 2 aliphatic heterocycles. The fraction of sp³-hybridized carbons (Fsp3) is 1.00. The molecule has 0 radical (unpaired) electrons. The monoisotopic (exact) mass is 203 g/mol. The summed E-state index contributed by atoms with van der Waals surface area (Å²) >= 11 is 4.27. The smallest absolute Gasteiger partial charge is 0.0194 e. The second-order valence-corrected chi connectivity index (χ2v) is 5.91. The van der Waals surface area contributed by atoms with Crippen LogP contribution >= 0.6 is 23.5 Å². The molecule has 0 spiro atoms. The maximum Gasteiger partial charge on any atom is 0.0194 e. The van der Waals surface area contributed by atoms with Crippen LogP contribution in [0.25, 0.3) is 0 Å². The summed E-state index contributed by atoms with van der Waals surface area (Å²) in [5, 5.41) is 3.65. The van der Waals surface area contributed by atoms with E-state index in [9.17, 15) is 0 Å². The first-order chi connectivity index (χ1) is 5.97. The molecule has 70 valence electrons. The Morgan fingerprint density at radius 3 is 2.67 bits per heavy atom. The molecule has 2 heterocycles. The Balaban J connectivity index is 1.80. The van der Waals surface area contributed by atoms with Gasteiger partial charge in [0.15, 0.2) is 0 Å². The van der Waals surface area contributed by atoms with Gasteiger partial charge in [0.05, 0.1) is 0 Å². The van der Waals surface area contributed by atoms with Crippen LogP contribution in [-0.4, -0.2) is 35.6 Å². The Kier molecular flexibility index (Phi) is 3.67. The zero-order valence-electron chi connectivity index (χ0n) is 7.42. The van der Waals surface area contributed by atoms with Crippen molar-refractivity contribution in [2.45, 2.75) is 18.9 Å². The van der Waals surface area contributed by atoms with Crippen LogP contribution in [0.5, 0.6) is 0 Å². The third-order valence-electron chi connectivity index (χ3n) is 2.71. The van der Waals surface area contributed by atoms with Gasteiger partial charge in [0.2, 0.25) is 0 Å². The molecule has 0 aromatic rings. The SMILES string of the molecule is C1CSCC(C2CSCCN2)C1. The summed E-state index contributed by atoms with van der Waals surface area (Å²) in [5.41, 5.74) is 0. The van der Waals surface area contributed by atoms with E-state index in [1.165, 1.54) is 42.4 Å². The minimum absolute atomic E-state index is 0.830. The summed E-state index contributed by atoms with van der Waals surface area (Å²) in [4.78, 5) is 0. The summed E-state index contributed by atoms with van der Waals surface area (Å²) in [7, 11) is 0. The lowest BCUT2D eigenvalue weighted by Gasteiger charge is -2.33. The fourth-order valence-corrected chi connectivity index (χ4v) is 4.28. The summed E-state index contributed by atoms with van der Waals surface area (Å²) in [6, 6.07) is 0.830. The number of hydrogen-bond donors (Lipinski definition) is 1. The Morgan fingerprint density at radius 1 is 1.08 bits per heavy atom. The second kappa shape index (κ2) is 4.77. The first-order valence-electron chi connectivity index (χ1n) is 4.86. The highest BCUT2D eigenvalue weighted by molar-refractivity contribution is 7.99. The first kappa shape index (κ1) is 9.22. The van der Waals surface area contributed by atoms with Gasteiger partial charge in [-0.25, -0.2) is 0 Å². The highest BCUT2D eigenvalue weighted by Gasteiger charge is 2.24. The molecule has 12 heavy (non-hydrogen) atoms. The average molecular weight is 203 g/mol. The molecule has 3 heteroatoms. The molecule has 2 unspecified atom stereocenters. The zero-order valence-corrected chi connectivity index (χ0v) is 9.05. The Bertz CT molecular complexity index is 112. The molecule has 2 atom stereocenters. The summed E-state index contributed by atoms with van der Waals surface area (Å²) in [6.07, 6.45) is 2.91. The van der Waals surface area contributed by atoms with E-state index >= 15 is 0 Å². The zero-order chi connectivity index (χ0) is 8.23. The molecule has 1 nitrogen and oxygen atoms in total. The largest absolute Gasteiger partial charge is 0.312 e. The lowest BCUT2D eigenvalue weighted by molar-refractivity contribution is 0.384. The molecule has 2 saturated heterocycles. The van der Waals surface area contributed by atoms with E-state index in [0.29, 0.717) is 0 Å². The van der Waals surface area contributed by atoms with Crippen LogP contribution in [-0.2, 0) is 0 Å². The maximum absolute atomic E-state index is 3.65. The summed E-state index contributed by atoms with van der Waals surface area (Å²) in [6.45, 7) is 1.23. The highest BCUT2D eigenvalue weighted by Crippen LogP contribution is 2.27. The van der Waals surface area contributed by atoms with Crippen molar-refractivity contribution < 1.29 is 0 Å². The minimum Gasteiger partial charge on any atom is -0.312 e. The molecule has 0 saturated carbocycles. The van der Waals surface area contributed by atoms with Crippen LogP contribution in [0.3, 0.4) is 0 Å². The Hall–Kier alpha value is 0.660. The van der Waals surface area contributed by atoms with Crippen molar-refractivity contribution in [1.29, 1.82) is 0 Å². The van der Waals surface area contributed by atoms with Gasteiger partial charge in [-0.3, -0.25) is 0 Å². The molecular formula is C9H17NS2. The summed E-state index contributed by atoms with van der Waals surface area (Å²) in [5.74, 6) is 6.44. The molecule has 0 aromatic heterocycles. The topological polar surface area (TPSA) is 12.0 Å². The quantitative estimate of drug-likeness (QED) is 0.698. The van der Waals surface area contributed by atoms with Gasteiger partial charge in [-0.05, 0) is 30.3 Å². The van der Waals surface area contributed by atoms with Gasteiger partial charge in [-0.2, -0.15) is 23.5 Å². The van der Waals surface area contributed by atoms with Gasteiger partial charge in [-0.1, -0.05) is 0 Å². The Morgan fingerprint density at radius 2 is 2.00 bits per heavy atom. The second-order valence-electron chi connectivity index (χ2n) is 3.61. The van der Waals surface area contributed by atoms with E-state index in [4.69, 9.17) is 0 Å². The van der Waals surface area contributed by atoms with Crippen LogP contribution in [0.15, 0.2) is 0 Å². The highest BCUT2D eigenvalue weighted by atomic mass is 32.2. The van der Waals surface area contributed by atoms with Crippen molar-refractivity contribution >= 4 is 23.5 Å². The van der Waals surface area contributed by atoms with Crippen LogP contribution in [0.4, 0.5) is 0 Å². The van der Waals surface area contributed by atoms with Gasteiger partial charge in [-0.15, -0.1) is 0 Å². The average Bonchev–Trinajstić information content (AvgIpc) is 2.21. The standard InChI is InChI=1S/C9H17NS2/c1-2-8(6-11-4-1)9-7-12-5-3-10-9/h8-10H,1-7H2. The van der Waals surface area contributed by atoms with Crippen LogP contribution in [0, 0.1) is 5.92 Å². The van der Waals surface area contributed by atoms with E-state index < -0.39 is 0 Å². The van der Waals surface area contributed by atoms with E-state index in [1.54, 1.807) is 0 Å². The van der Waals surface area contributed by atoms with Crippen molar-refractivity contribution in [3.05, 3.63) is 0 Å². The normalized spacial score (nSPS) is 38.0. The van der Waals surface area contributed by atoms with Crippen molar-refractivity contribution in [2.75, 3.05) is 29.6 Å². The predicted octanol–water partition coefficient (Wildman–Crippen LogP) is 1.83. The molecule has 0 aliphatic carbocycles. The first-order valence-corrected chi connectivity index (χ1v) is 7.16. The molecular weight excluding hydrogens is 186 g/mol. The summed E-state index contributed by atoms with van der Waals surface area (Å²) < 4.78 is 0. The number of rotatable bonds is 1. The number of thioether (sulfide) groups is 2. The predicted molar refractivity (Wildman–Crippen MR) is 59.2 cm³/mol. The van der Waals surface area contributed by atoms with Crippen LogP contribution < -0.4 is 5.32 Å². The van der Waals surface area contributed by atoms with E-state index in [2.05, 4.69) is 28.8 Å². The third kappa shape index (κ3) is 2.33. The number of hydrogen-bond acceptors (Lipinski definition) is 3. The van der Waals surface area contributed by atoms with Crippen molar-refractivity contribution in [3.8, 4) is 0 Å². The molecule has 0 bridgehead atoms. The lowest BCUT2D eigenvalue weighted by Crippen LogP contribution is -2.44. The molecule has 0 amide bonds. The van der Waals surface area contributed by atoms with Gasteiger partial charge in [0, 0.05) is 24.1 Å². The van der Waals surface area contributed by atoms with Gasteiger partial charge < -0.3 is 5.32 Å². The van der Waals surface area contributed by atoms with Crippen molar-refractivity contribution in [2.24, 2.45) is 5.92 Å². The number of nitrogens with one attached hydrogen (secondary N) is 1. The lowest BCUT2D eigenvalue weighted by atomic mass is 9.97. The van der Waals surface area contributed by atoms with Gasteiger partial charge >= 0.3 is 0 Å². The molecule has 0 aromatic carbocycles. The maximum atomic E-state index is 3.65. The van der Waals surface area contributed by atoms with E-state index in [0.717, 1.165) is 12.0 Å². The van der Waals surface area contributed by atoms with Crippen LogP contribution in [0.1, 0.15) is 12.8 Å². The molecule has 2 aliphatic rings. The van der Waals surface area contributed by atoms with Crippen molar-refractivity contribution in [1.82, 2.24) is 5.32 Å². The molecule has 2 fully saturated rings. The van der Waals surface area contributed by atoms with Gasteiger partial charge in [0.1, 0.15) is 0 Å². The van der Waals surface area contributed by atoms with Crippen LogP contribution in [0.2, 0.25) is 0 Å². The third-order valence-corrected chi connectivity index (χ3v) is 5.04.